The summed E-state index contributed by atoms with van der Waals surface area (Å²) in [6.45, 7) is 0.672. The van der Waals surface area contributed by atoms with Gasteiger partial charge in [-0.2, -0.15) is 0 Å². The minimum absolute atomic E-state index is 0.0764. The van der Waals surface area contributed by atoms with Gasteiger partial charge in [-0.05, 0) is 67.2 Å². The van der Waals surface area contributed by atoms with Crippen molar-refractivity contribution in [2.75, 3.05) is 6.54 Å². The molecule has 1 aliphatic carbocycles. The highest BCUT2D eigenvalue weighted by atomic mass is 16.5. The molecule has 1 aromatic carbocycles. The number of amides is 2. The molecule has 7 nitrogen and oxygen atoms in total. The first-order valence-electron chi connectivity index (χ1n) is 9.48. The van der Waals surface area contributed by atoms with Crippen LogP contribution in [-0.4, -0.2) is 46.1 Å². The van der Waals surface area contributed by atoms with E-state index in [4.69, 9.17) is 5.21 Å². The first-order chi connectivity index (χ1) is 13.6. The van der Waals surface area contributed by atoms with Crippen LogP contribution in [-0.2, 0) is 17.6 Å². The Balaban J connectivity index is 1.39. The lowest BCUT2D eigenvalue weighted by atomic mass is 9.70. The van der Waals surface area contributed by atoms with Gasteiger partial charge in [-0.15, -0.1) is 0 Å². The molecule has 0 radical (unpaired) electrons. The van der Waals surface area contributed by atoms with Gasteiger partial charge in [-0.3, -0.25) is 29.7 Å². The summed E-state index contributed by atoms with van der Waals surface area (Å²) in [6.07, 6.45) is 10.5. The van der Waals surface area contributed by atoms with Gasteiger partial charge in [0.25, 0.3) is 5.91 Å². The second kappa shape index (κ2) is 6.24. The number of fused-ring (bicyclic) bond motifs is 2. The predicted octanol–water partition coefficient (Wildman–Crippen LogP) is 1.82. The summed E-state index contributed by atoms with van der Waals surface area (Å²) in [5.41, 5.74) is 4.79. The van der Waals surface area contributed by atoms with Gasteiger partial charge < -0.3 is 0 Å². The molecule has 1 aromatic rings. The van der Waals surface area contributed by atoms with Crippen LogP contribution in [0.3, 0.4) is 0 Å². The molecule has 1 spiro atoms. The Morgan fingerprint density at radius 3 is 3.00 bits per heavy atom. The lowest BCUT2D eigenvalue weighted by Crippen LogP contribution is -2.42. The molecule has 3 aliphatic heterocycles. The number of nitrogens with zero attached hydrogens (tertiary/aromatic N) is 3. The molecule has 0 aromatic heterocycles. The van der Waals surface area contributed by atoms with Crippen molar-refractivity contribution in [1.82, 2.24) is 10.4 Å². The van der Waals surface area contributed by atoms with Crippen LogP contribution < -0.4 is 5.48 Å². The third-order valence-electron chi connectivity index (χ3n) is 6.23. The number of likely N-dealkylation sites (tertiary alicyclic amines) is 1. The van der Waals surface area contributed by atoms with Gasteiger partial charge in [0.2, 0.25) is 5.91 Å². The summed E-state index contributed by atoms with van der Waals surface area (Å²) < 4.78 is 0. The topological polar surface area (TPSA) is 94.4 Å². The van der Waals surface area contributed by atoms with E-state index in [2.05, 4.69) is 9.98 Å². The van der Waals surface area contributed by atoms with Gasteiger partial charge in [0.1, 0.15) is 11.9 Å². The third kappa shape index (κ3) is 2.54. The van der Waals surface area contributed by atoms with E-state index in [0.29, 0.717) is 18.5 Å². The molecule has 0 saturated carbocycles. The largest absolute Gasteiger partial charge is 0.297 e. The van der Waals surface area contributed by atoms with Gasteiger partial charge >= 0.3 is 0 Å². The monoisotopic (exact) mass is 376 g/mol. The van der Waals surface area contributed by atoms with Crippen molar-refractivity contribution < 1.29 is 14.8 Å². The maximum atomic E-state index is 13.4. The molecule has 28 heavy (non-hydrogen) atoms. The fourth-order valence-corrected chi connectivity index (χ4v) is 4.64. The quantitative estimate of drug-likeness (QED) is 0.578. The lowest BCUT2D eigenvalue weighted by Gasteiger charge is -2.33. The van der Waals surface area contributed by atoms with E-state index in [0.717, 1.165) is 41.9 Å². The third-order valence-corrected chi connectivity index (χ3v) is 6.23. The average Bonchev–Trinajstić information content (AvgIpc) is 3.31. The molecule has 2 amide bonds. The molecule has 2 atom stereocenters. The maximum absolute atomic E-state index is 13.4. The number of aliphatic imine (C=N–C) groups is 2. The Kier molecular flexibility index (Phi) is 3.80. The smallest absolute Gasteiger partial charge is 0.274 e. The van der Waals surface area contributed by atoms with E-state index in [9.17, 15) is 9.59 Å². The number of amidine groups is 1. The van der Waals surface area contributed by atoms with E-state index in [1.54, 1.807) is 17.7 Å². The highest BCUT2D eigenvalue weighted by Crippen LogP contribution is 2.44. The Hall–Kier alpha value is -3.06. The van der Waals surface area contributed by atoms with Crippen LogP contribution in [0.15, 0.2) is 52.6 Å². The Morgan fingerprint density at radius 2 is 2.14 bits per heavy atom. The van der Waals surface area contributed by atoms with Gasteiger partial charge in [-0.25, -0.2) is 5.48 Å². The van der Waals surface area contributed by atoms with E-state index in [-0.39, 0.29) is 11.9 Å². The molecule has 4 aliphatic rings. The lowest BCUT2D eigenvalue weighted by molar-refractivity contribution is -0.133. The molecule has 7 heteroatoms. The van der Waals surface area contributed by atoms with Crippen LogP contribution >= 0.6 is 0 Å². The van der Waals surface area contributed by atoms with E-state index in [1.807, 2.05) is 35.3 Å². The standard InChI is InChI=1S/C21H20N4O3/c26-19(24-28)14-1-2-15-12-21(7-5-13(15)11-14)8-10-25(20(21)27)18-4-3-16-17(23-18)6-9-22-16/h1-4,6,9,11,17,28H,5,7-8,10,12H2,(H,24,26)/t17?,21-/m1/s1. The highest BCUT2D eigenvalue weighted by molar-refractivity contribution is 6.15. The molecule has 1 fully saturated rings. The number of aryl methyl sites for hydroxylation is 1. The molecule has 0 bridgehead atoms. The number of hydroxylamine groups is 1. The summed E-state index contributed by atoms with van der Waals surface area (Å²) in [6, 6.07) is 5.34. The highest BCUT2D eigenvalue weighted by Gasteiger charge is 2.49. The van der Waals surface area contributed by atoms with E-state index in [1.165, 1.54) is 0 Å². The molecule has 1 saturated heterocycles. The van der Waals surface area contributed by atoms with Crippen LogP contribution in [0.25, 0.3) is 0 Å². The van der Waals surface area contributed by atoms with Crippen LogP contribution in [0, 0.1) is 5.41 Å². The fourth-order valence-electron chi connectivity index (χ4n) is 4.64. The van der Waals surface area contributed by atoms with Crippen molar-refractivity contribution in [2.45, 2.75) is 31.7 Å². The second-order valence-corrected chi connectivity index (χ2v) is 7.75. The number of benzene rings is 1. The molecule has 3 heterocycles. The normalized spacial score (nSPS) is 27.5. The van der Waals surface area contributed by atoms with Crippen LogP contribution in [0.2, 0.25) is 0 Å². The van der Waals surface area contributed by atoms with Gasteiger partial charge in [0.15, 0.2) is 0 Å². The minimum Gasteiger partial charge on any atom is -0.297 e. The zero-order valence-electron chi connectivity index (χ0n) is 15.3. The van der Waals surface area contributed by atoms with E-state index < -0.39 is 11.3 Å². The first-order valence-corrected chi connectivity index (χ1v) is 9.48. The van der Waals surface area contributed by atoms with Crippen LogP contribution in [0.1, 0.15) is 34.3 Å². The summed E-state index contributed by atoms with van der Waals surface area (Å²) in [5, 5.41) is 8.83. The minimum atomic E-state index is -0.517. The van der Waals surface area contributed by atoms with Gasteiger partial charge in [-0.1, -0.05) is 6.07 Å². The van der Waals surface area contributed by atoms with E-state index >= 15 is 0 Å². The predicted molar refractivity (Wildman–Crippen MR) is 103 cm³/mol. The van der Waals surface area contributed by atoms with Gasteiger partial charge in [0, 0.05) is 18.3 Å². The number of dihydropyridines is 1. The van der Waals surface area contributed by atoms with Crippen molar-refractivity contribution >= 4 is 23.4 Å². The molecule has 1 unspecified atom stereocenters. The molecular weight excluding hydrogens is 356 g/mol. The molecule has 142 valence electrons. The van der Waals surface area contributed by atoms with Gasteiger partial charge in [0.05, 0.1) is 11.1 Å². The zero-order chi connectivity index (χ0) is 19.3. The van der Waals surface area contributed by atoms with Crippen molar-refractivity contribution in [3.63, 3.8) is 0 Å². The van der Waals surface area contributed by atoms with Crippen molar-refractivity contribution in [2.24, 2.45) is 15.4 Å². The summed E-state index contributed by atoms with van der Waals surface area (Å²) in [4.78, 5) is 35.8. The first kappa shape index (κ1) is 17.1. The SMILES string of the molecule is O=C(NO)c1ccc2c(c1)CC[C@@]1(CCN(C3=NC4C=CN=C4C=C3)C1=O)C2. The Morgan fingerprint density at radius 1 is 1.25 bits per heavy atom. The van der Waals surface area contributed by atoms with Crippen molar-refractivity contribution in [3.8, 4) is 0 Å². The Labute approximate surface area is 162 Å². The Bertz CT molecular complexity index is 1010. The van der Waals surface area contributed by atoms with Crippen LogP contribution in [0.4, 0.5) is 0 Å². The van der Waals surface area contributed by atoms with Crippen molar-refractivity contribution in [3.05, 3.63) is 59.3 Å². The number of hydrogen-bond donors (Lipinski definition) is 2. The number of carbonyl (C=O) groups is 2. The average molecular weight is 376 g/mol. The number of carbonyl (C=O) groups excluding carboxylic acids is 2. The number of nitrogens with one attached hydrogen (secondary N) is 1. The molecule has 5 rings (SSSR count). The number of rotatable bonds is 1. The summed E-state index contributed by atoms with van der Waals surface area (Å²) in [5.74, 6) is 0.344. The summed E-state index contributed by atoms with van der Waals surface area (Å²) >= 11 is 0. The zero-order valence-corrected chi connectivity index (χ0v) is 15.3. The molecular formula is C21H20N4O3. The second-order valence-electron chi connectivity index (χ2n) is 7.75. The van der Waals surface area contributed by atoms with Crippen LogP contribution in [0.5, 0.6) is 0 Å². The molecule has 2 N–H and O–H groups in total. The number of hydrogen-bond acceptors (Lipinski definition) is 5. The van der Waals surface area contributed by atoms with Crippen molar-refractivity contribution in [1.29, 1.82) is 0 Å². The summed E-state index contributed by atoms with van der Waals surface area (Å²) in [7, 11) is 0. The fraction of sp³-hybridized carbons (Fsp3) is 0.333. The maximum Gasteiger partial charge on any atom is 0.274 e.